The van der Waals surface area contributed by atoms with Crippen molar-refractivity contribution in [1.29, 1.82) is 0 Å². The number of carbonyl (C=O) groups is 3. The van der Waals surface area contributed by atoms with E-state index >= 15 is 0 Å². The van der Waals surface area contributed by atoms with E-state index in [9.17, 15) is 23.2 Å². The summed E-state index contributed by atoms with van der Waals surface area (Å²) in [5.41, 5.74) is -0.569. The van der Waals surface area contributed by atoms with Crippen LogP contribution in [0.25, 0.3) is 0 Å². The second kappa shape index (κ2) is 7.14. The number of hydrogen-bond donors (Lipinski definition) is 2. The van der Waals surface area contributed by atoms with Crippen LogP contribution in [0.1, 0.15) is 18.9 Å². The number of nitrogens with one attached hydrogen (secondary N) is 2. The molecule has 1 heterocycles. The third kappa shape index (κ3) is 3.51. The van der Waals surface area contributed by atoms with E-state index in [1.54, 1.807) is 6.92 Å². The Bertz CT molecular complexity index is 884. The van der Waals surface area contributed by atoms with Gasteiger partial charge in [0.25, 0.3) is 5.91 Å². The Kier molecular flexibility index (Phi) is 4.89. The van der Waals surface area contributed by atoms with E-state index in [4.69, 9.17) is 0 Å². The van der Waals surface area contributed by atoms with Crippen LogP contribution >= 0.6 is 0 Å². The number of hydrogen-bond acceptors (Lipinski definition) is 3. The first-order valence-electron chi connectivity index (χ1n) is 8.31. The second-order valence-electron chi connectivity index (χ2n) is 6.14. The van der Waals surface area contributed by atoms with E-state index in [0.29, 0.717) is 11.3 Å². The van der Waals surface area contributed by atoms with Crippen LogP contribution in [0.5, 0.6) is 0 Å². The molecule has 140 valence electrons. The first-order chi connectivity index (χ1) is 12.9. The Hall–Kier alpha value is -3.29. The predicted molar refractivity (Wildman–Crippen MR) is 93.6 cm³/mol. The van der Waals surface area contributed by atoms with Gasteiger partial charge in [0.15, 0.2) is 0 Å². The van der Waals surface area contributed by atoms with Gasteiger partial charge in [0.2, 0.25) is 5.91 Å². The zero-order valence-electron chi connectivity index (χ0n) is 14.5. The minimum Gasteiger partial charge on any atom is -0.325 e. The van der Waals surface area contributed by atoms with Gasteiger partial charge in [-0.2, -0.15) is 0 Å². The van der Waals surface area contributed by atoms with Crippen molar-refractivity contribution in [3.05, 3.63) is 65.7 Å². The molecule has 1 aliphatic rings. The summed E-state index contributed by atoms with van der Waals surface area (Å²) in [4.78, 5) is 38.2. The van der Waals surface area contributed by atoms with Crippen LogP contribution in [-0.2, 0) is 15.1 Å². The molecule has 2 aromatic carbocycles. The highest BCUT2D eigenvalue weighted by Gasteiger charge is 2.51. The number of carbonyl (C=O) groups excluding carboxylic acids is 3. The highest BCUT2D eigenvalue weighted by Crippen LogP contribution is 2.32. The van der Waals surface area contributed by atoms with Gasteiger partial charge in [-0.15, -0.1) is 0 Å². The summed E-state index contributed by atoms with van der Waals surface area (Å²) in [6, 6.07) is 9.66. The molecule has 0 aliphatic carbocycles. The third-order valence-electron chi connectivity index (χ3n) is 4.47. The highest BCUT2D eigenvalue weighted by atomic mass is 19.1. The Labute approximate surface area is 154 Å². The van der Waals surface area contributed by atoms with E-state index in [1.807, 2.05) is 0 Å². The molecule has 2 aromatic rings. The van der Waals surface area contributed by atoms with Gasteiger partial charge in [0, 0.05) is 5.69 Å². The van der Waals surface area contributed by atoms with Crippen molar-refractivity contribution in [1.82, 2.24) is 10.2 Å². The van der Waals surface area contributed by atoms with Crippen molar-refractivity contribution in [2.24, 2.45) is 0 Å². The lowest BCUT2D eigenvalue weighted by molar-refractivity contribution is -0.134. The summed E-state index contributed by atoms with van der Waals surface area (Å²) in [5.74, 6) is -2.10. The zero-order valence-corrected chi connectivity index (χ0v) is 14.5. The Morgan fingerprint density at radius 2 is 1.59 bits per heavy atom. The predicted octanol–water partition coefficient (Wildman–Crippen LogP) is 2.76. The molecule has 0 saturated carbocycles. The molecule has 3 rings (SSSR count). The summed E-state index contributed by atoms with van der Waals surface area (Å²) in [5, 5.41) is 5.12. The largest absolute Gasteiger partial charge is 0.325 e. The van der Waals surface area contributed by atoms with Crippen molar-refractivity contribution >= 4 is 23.5 Å². The van der Waals surface area contributed by atoms with Gasteiger partial charge in [-0.05, 0) is 48.4 Å². The summed E-state index contributed by atoms with van der Waals surface area (Å²) in [6.45, 7) is 1.22. The minimum atomic E-state index is -1.35. The molecule has 1 fully saturated rings. The normalized spacial score (nSPS) is 19.1. The Morgan fingerprint density at radius 3 is 2.15 bits per heavy atom. The van der Waals surface area contributed by atoms with Gasteiger partial charge in [-0.25, -0.2) is 13.6 Å². The van der Waals surface area contributed by atoms with Crippen molar-refractivity contribution in [3.63, 3.8) is 0 Å². The lowest BCUT2D eigenvalue weighted by atomic mass is 9.87. The smallest absolute Gasteiger partial charge is 0.325 e. The molecule has 1 aliphatic heterocycles. The van der Waals surface area contributed by atoms with E-state index in [-0.39, 0.29) is 6.42 Å². The van der Waals surface area contributed by atoms with E-state index in [0.717, 1.165) is 4.90 Å². The average Bonchev–Trinajstić information content (AvgIpc) is 2.89. The summed E-state index contributed by atoms with van der Waals surface area (Å²) in [7, 11) is 0. The topological polar surface area (TPSA) is 78.5 Å². The van der Waals surface area contributed by atoms with Crippen molar-refractivity contribution in [3.8, 4) is 0 Å². The second-order valence-corrected chi connectivity index (χ2v) is 6.14. The number of imide groups is 1. The van der Waals surface area contributed by atoms with Crippen LogP contribution < -0.4 is 10.6 Å². The fourth-order valence-electron chi connectivity index (χ4n) is 3.02. The van der Waals surface area contributed by atoms with Crippen molar-refractivity contribution in [2.75, 3.05) is 11.9 Å². The molecule has 1 saturated heterocycles. The SMILES string of the molecule is CC[C@@]1(c2ccc(F)cc2)NC(=O)N(CC(=O)Nc2ccc(F)cc2)C1=O. The number of nitrogens with zero attached hydrogens (tertiary/aromatic N) is 1. The molecular weight excluding hydrogens is 356 g/mol. The van der Waals surface area contributed by atoms with Gasteiger partial charge < -0.3 is 10.6 Å². The zero-order chi connectivity index (χ0) is 19.6. The fraction of sp³-hybridized carbons (Fsp3) is 0.211. The van der Waals surface area contributed by atoms with Crippen LogP contribution in [0.2, 0.25) is 0 Å². The molecule has 1 atom stereocenters. The first-order valence-corrected chi connectivity index (χ1v) is 8.31. The van der Waals surface area contributed by atoms with Gasteiger partial charge in [-0.3, -0.25) is 14.5 Å². The molecule has 0 aromatic heterocycles. The standard InChI is InChI=1S/C19H17F2N3O3/c1-2-19(12-3-5-13(20)6-4-12)17(26)24(18(27)23-19)11-16(25)22-15-9-7-14(21)8-10-15/h3-10H,2,11H2,1H3,(H,22,25)(H,23,27)/t19-/m0/s1. The molecule has 0 spiro atoms. The van der Waals surface area contributed by atoms with E-state index in [1.165, 1.54) is 48.5 Å². The number of anilines is 1. The van der Waals surface area contributed by atoms with Crippen LogP contribution in [0.3, 0.4) is 0 Å². The van der Waals surface area contributed by atoms with Crippen LogP contribution in [0, 0.1) is 11.6 Å². The van der Waals surface area contributed by atoms with Crippen LogP contribution in [0.15, 0.2) is 48.5 Å². The molecule has 0 bridgehead atoms. The van der Waals surface area contributed by atoms with E-state index in [2.05, 4.69) is 10.6 Å². The molecule has 2 N–H and O–H groups in total. The van der Waals surface area contributed by atoms with Crippen molar-refractivity contribution in [2.45, 2.75) is 18.9 Å². The number of benzene rings is 2. The fourth-order valence-corrected chi connectivity index (χ4v) is 3.02. The first kappa shape index (κ1) is 18.5. The number of urea groups is 1. The summed E-state index contributed by atoms with van der Waals surface area (Å²) >= 11 is 0. The van der Waals surface area contributed by atoms with Crippen molar-refractivity contribution < 1.29 is 23.2 Å². The minimum absolute atomic E-state index is 0.235. The molecule has 0 unspecified atom stereocenters. The van der Waals surface area contributed by atoms with Gasteiger partial charge in [0.05, 0.1) is 0 Å². The molecular formula is C19H17F2N3O3. The maximum atomic E-state index is 13.2. The average molecular weight is 373 g/mol. The van der Waals surface area contributed by atoms with Crippen LogP contribution in [-0.4, -0.2) is 29.3 Å². The maximum absolute atomic E-state index is 13.2. The van der Waals surface area contributed by atoms with E-state index < -0.39 is 41.6 Å². The van der Waals surface area contributed by atoms with Gasteiger partial charge >= 0.3 is 6.03 Å². The molecule has 8 heteroatoms. The highest BCUT2D eigenvalue weighted by molar-refractivity contribution is 6.10. The molecule has 6 nitrogen and oxygen atoms in total. The quantitative estimate of drug-likeness (QED) is 0.791. The number of halogens is 2. The van der Waals surface area contributed by atoms with Crippen LogP contribution in [0.4, 0.5) is 19.3 Å². The monoisotopic (exact) mass is 373 g/mol. The number of amides is 4. The Morgan fingerprint density at radius 1 is 1.04 bits per heavy atom. The summed E-state index contributed by atoms with van der Waals surface area (Å²) in [6.07, 6.45) is 0.235. The molecule has 0 radical (unpaired) electrons. The summed E-state index contributed by atoms with van der Waals surface area (Å²) < 4.78 is 26.1. The van der Waals surface area contributed by atoms with Gasteiger partial charge in [-0.1, -0.05) is 19.1 Å². The maximum Gasteiger partial charge on any atom is 0.325 e. The van der Waals surface area contributed by atoms with Gasteiger partial charge in [0.1, 0.15) is 23.7 Å². The Balaban J connectivity index is 1.77. The third-order valence-corrected chi connectivity index (χ3v) is 4.47. The molecule has 4 amide bonds. The number of rotatable bonds is 5. The lowest BCUT2D eigenvalue weighted by Crippen LogP contribution is -2.44. The lowest BCUT2D eigenvalue weighted by Gasteiger charge is -2.25. The molecule has 27 heavy (non-hydrogen) atoms.